The smallest absolute Gasteiger partial charge is 0.236 e. The Morgan fingerprint density at radius 2 is 2.45 bits per heavy atom. The molecule has 0 bridgehead atoms. The first-order chi connectivity index (χ1) is 10.7. The van der Waals surface area contributed by atoms with Gasteiger partial charge < -0.3 is 9.32 Å². The van der Waals surface area contributed by atoms with Gasteiger partial charge in [0.15, 0.2) is 0 Å². The van der Waals surface area contributed by atoms with E-state index in [2.05, 4.69) is 15.0 Å². The van der Waals surface area contributed by atoms with Crippen LogP contribution in [0.5, 0.6) is 0 Å². The second kappa shape index (κ2) is 6.74. The van der Waals surface area contributed by atoms with Crippen LogP contribution >= 0.6 is 0 Å². The third kappa shape index (κ3) is 3.54. The summed E-state index contributed by atoms with van der Waals surface area (Å²) in [6.07, 6.45) is 7.11. The van der Waals surface area contributed by atoms with Crippen LogP contribution in [-0.2, 0) is 17.9 Å². The van der Waals surface area contributed by atoms with Gasteiger partial charge >= 0.3 is 0 Å². The maximum absolute atomic E-state index is 12.4. The van der Waals surface area contributed by atoms with Gasteiger partial charge in [-0.3, -0.25) is 14.4 Å². The van der Waals surface area contributed by atoms with E-state index in [9.17, 15) is 4.79 Å². The lowest BCUT2D eigenvalue weighted by Gasteiger charge is -2.26. The van der Waals surface area contributed by atoms with Crippen LogP contribution in [-0.4, -0.2) is 56.7 Å². The summed E-state index contributed by atoms with van der Waals surface area (Å²) in [6, 6.07) is 4.07. The van der Waals surface area contributed by atoms with Crippen LogP contribution in [0.15, 0.2) is 35.5 Å². The van der Waals surface area contributed by atoms with Crippen molar-refractivity contribution in [2.45, 2.75) is 32.0 Å². The average molecular weight is 303 g/mol. The highest BCUT2D eigenvalue weighted by Crippen LogP contribution is 2.18. The fourth-order valence-electron chi connectivity index (χ4n) is 2.87. The molecule has 1 aliphatic heterocycles. The first-order valence-electron chi connectivity index (χ1n) is 7.55. The monoisotopic (exact) mass is 303 g/mol. The number of amides is 1. The standard InChI is InChI=1S/C15H21N5O2/c1-18(9-14-5-3-7-22-14)15(21)10-19-6-2-4-13(19)8-20-12-16-11-17-20/h3,5,7,11-13H,2,4,6,8-10H2,1H3/t13-/m0/s1. The third-order valence-electron chi connectivity index (χ3n) is 4.10. The van der Waals surface area contributed by atoms with Crippen molar-refractivity contribution in [1.29, 1.82) is 0 Å². The van der Waals surface area contributed by atoms with Crippen LogP contribution in [0.3, 0.4) is 0 Å². The number of hydrogen-bond donors (Lipinski definition) is 0. The second-order valence-electron chi connectivity index (χ2n) is 5.71. The van der Waals surface area contributed by atoms with Crippen LogP contribution in [0.25, 0.3) is 0 Å². The molecule has 2 aromatic rings. The molecule has 22 heavy (non-hydrogen) atoms. The molecule has 118 valence electrons. The van der Waals surface area contributed by atoms with Crippen molar-refractivity contribution in [1.82, 2.24) is 24.6 Å². The number of nitrogens with zero attached hydrogens (tertiary/aromatic N) is 5. The summed E-state index contributed by atoms with van der Waals surface area (Å²) in [6.45, 7) is 2.69. The van der Waals surface area contributed by atoms with Crippen LogP contribution in [0.4, 0.5) is 0 Å². The second-order valence-corrected chi connectivity index (χ2v) is 5.71. The summed E-state index contributed by atoms with van der Waals surface area (Å²) in [5.41, 5.74) is 0. The van der Waals surface area contributed by atoms with Gasteiger partial charge in [0.2, 0.25) is 5.91 Å². The van der Waals surface area contributed by atoms with Gasteiger partial charge in [0.25, 0.3) is 0 Å². The molecular weight excluding hydrogens is 282 g/mol. The minimum absolute atomic E-state index is 0.113. The molecule has 1 amide bonds. The zero-order valence-corrected chi connectivity index (χ0v) is 12.8. The lowest BCUT2D eigenvalue weighted by atomic mass is 10.2. The Bertz CT molecular complexity index is 581. The van der Waals surface area contributed by atoms with Gasteiger partial charge in [-0.05, 0) is 31.5 Å². The molecular formula is C15H21N5O2. The van der Waals surface area contributed by atoms with Gasteiger partial charge in [-0.1, -0.05) is 0 Å². The Morgan fingerprint density at radius 3 is 3.18 bits per heavy atom. The Balaban J connectivity index is 1.53. The van der Waals surface area contributed by atoms with Crippen LogP contribution < -0.4 is 0 Å². The number of carbonyl (C=O) groups is 1. The predicted octanol–water partition coefficient (Wildman–Crippen LogP) is 0.994. The van der Waals surface area contributed by atoms with Gasteiger partial charge in [-0.25, -0.2) is 4.98 Å². The molecule has 3 heterocycles. The summed E-state index contributed by atoms with van der Waals surface area (Å²) in [4.78, 5) is 20.3. The number of furan rings is 1. The molecule has 0 unspecified atom stereocenters. The van der Waals surface area contributed by atoms with Gasteiger partial charge in [-0.2, -0.15) is 5.10 Å². The molecule has 1 aliphatic rings. The maximum atomic E-state index is 12.4. The first kappa shape index (κ1) is 14.8. The third-order valence-corrected chi connectivity index (χ3v) is 4.10. The molecule has 0 radical (unpaired) electrons. The van der Waals surface area contributed by atoms with Crippen molar-refractivity contribution in [3.05, 3.63) is 36.8 Å². The molecule has 0 spiro atoms. The van der Waals surface area contributed by atoms with E-state index in [4.69, 9.17) is 4.42 Å². The number of likely N-dealkylation sites (tertiary alicyclic amines) is 1. The summed E-state index contributed by atoms with van der Waals surface area (Å²) in [7, 11) is 1.81. The molecule has 3 rings (SSSR count). The minimum Gasteiger partial charge on any atom is -0.467 e. The predicted molar refractivity (Wildman–Crippen MR) is 79.8 cm³/mol. The largest absolute Gasteiger partial charge is 0.467 e. The molecule has 7 nitrogen and oxygen atoms in total. The van der Waals surface area contributed by atoms with Crippen LogP contribution in [0, 0.1) is 0 Å². The zero-order valence-electron chi connectivity index (χ0n) is 12.8. The number of carbonyl (C=O) groups excluding carboxylic acids is 1. The lowest BCUT2D eigenvalue weighted by Crippen LogP contribution is -2.41. The van der Waals surface area contributed by atoms with E-state index in [0.717, 1.165) is 31.7 Å². The van der Waals surface area contributed by atoms with Gasteiger partial charge in [-0.15, -0.1) is 0 Å². The van der Waals surface area contributed by atoms with Crippen molar-refractivity contribution in [2.75, 3.05) is 20.1 Å². The van der Waals surface area contributed by atoms with Gasteiger partial charge in [0.1, 0.15) is 18.4 Å². The summed E-state index contributed by atoms with van der Waals surface area (Å²) < 4.78 is 7.12. The topological polar surface area (TPSA) is 67.4 Å². The number of rotatable bonds is 6. The van der Waals surface area contributed by atoms with Crippen molar-refractivity contribution in [3.63, 3.8) is 0 Å². The lowest BCUT2D eigenvalue weighted by molar-refractivity contribution is -0.132. The van der Waals surface area contributed by atoms with E-state index >= 15 is 0 Å². The Morgan fingerprint density at radius 1 is 1.55 bits per heavy atom. The summed E-state index contributed by atoms with van der Waals surface area (Å²) >= 11 is 0. The number of likely N-dealkylation sites (N-methyl/N-ethyl adjacent to an activating group) is 1. The summed E-state index contributed by atoms with van der Waals surface area (Å²) in [5.74, 6) is 0.915. The Labute approximate surface area is 129 Å². The van der Waals surface area contributed by atoms with E-state index in [-0.39, 0.29) is 5.91 Å². The van der Waals surface area contributed by atoms with E-state index < -0.39 is 0 Å². The first-order valence-corrected chi connectivity index (χ1v) is 7.55. The molecule has 0 aliphatic carbocycles. The molecule has 0 saturated carbocycles. The SMILES string of the molecule is CN(Cc1ccco1)C(=O)CN1CCC[C@H]1Cn1cncn1. The van der Waals surface area contributed by atoms with Crippen molar-refractivity contribution < 1.29 is 9.21 Å². The Hall–Kier alpha value is -2.15. The molecule has 1 fully saturated rings. The van der Waals surface area contributed by atoms with Crippen molar-refractivity contribution in [2.24, 2.45) is 0 Å². The minimum atomic E-state index is 0.113. The van der Waals surface area contributed by atoms with Crippen molar-refractivity contribution in [3.8, 4) is 0 Å². The highest BCUT2D eigenvalue weighted by molar-refractivity contribution is 5.78. The van der Waals surface area contributed by atoms with Gasteiger partial charge in [0, 0.05) is 13.1 Å². The Kier molecular flexibility index (Phi) is 4.53. The summed E-state index contributed by atoms with van der Waals surface area (Å²) in [5, 5.41) is 4.15. The highest BCUT2D eigenvalue weighted by Gasteiger charge is 2.27. The molecule has 7 heteroatoms. The molecule has 1 atom stereocenters. The van der Waals surface area contributed by atoms with E-state index in [0.29, 0.717) is 19.1 Å². The number of hydrogen-bond acceptors (Lipinski definition) is 5. The van der Waals surface area contributed by atoms with E-state index in [1.54, 1.807) is 23.8 Å². The van der Waals surface area contributed by atoms with Crippen LogP contribution in [0.1, 0.15) is 18.6 Å². The molecule has 2 aromatic heterocycles. The van der Waals surface area contributed by atoms with Gasteiger partial charge in [0.05, 0.1) is 25.9 Å². The normalized spacial score (nSPS) is 18.7. The number of aromatic nitrogens is 3. The highest BCUT2D eigenvalue weighted by atomic mass is 16.3. The zero-order chi connectivity index (χ0) is 15.4. The molecule has 0 N–H and O–H groups in total. The fourth-order valence-corrected chi connectivity index (χ4v) is 2.87. The average Bonchev–Trinajstić information content (AvgIpc) is 3.23. The van der Waals surface area contributed by atoms with E-state index in [1.807, 2.05) is 23.9 Å². The van der Waals surface area contributed by atoms with Crippen molar-refractivity contribution >= 4 is 5.91 Å². The van der Waals surface area contributed by atoms with Crippen LogP contribution in [0.2, 0.25) is 0 Å². The molecule has 0 aromatic carbocycles. The molecule has 1 saturated heterocycles. The quantitative estimate of drug-likeness (QED) is 0.796. The van der Waals surface area contributed by atoms with E-state index in [1.165, 1.54) is 0 Å². The maximum Gasteiger partial charge on any atom is 0.236 e. The fraction of sp³-hybridized carbons (Fsp3) is 0.533.